The molecule has 2 aromatic heterocycles. The number of hydrogen-bond acceptors (Lipinski definition) is 7. The van der Waals surface area contributed by atoms with Gasteiger partial charge in [0.25, 0.3) is 0 Å². The van der Waals surface area contributed by atoms with E-state index in [1.165, 1.54) is 0 Å². The Morgan fingerprint density at radius 1 is 0.825 bits per heavy atom. The van der Waals surface area contributed by atoms with Crippen LogP contribution in [0.2, 0.25) is 0 Å². The number of benzene rings is 3. The van der Waals surface area contributed by atoms with Crippen LogP contribution < -0.4 is 20.5 Å². The second kappa shape index (κ2) is 9.93. The Balaban J connectivity index is 1.57. The summed E-state index contributed by atoms with van der Waals surface area (Å²) in [5.41, 5.74) is 2.71. The molecule has 9 nitrogen and oxygen atoms in total. The lowest BCUT2D eigenvalue weighted by Crippen LogP contribution is -2.39. The van der Waals surface area contributed by atoms with Crippen LogP contribution in [0.15, 0.2) is 74.3 Å². The van der Waals surface area contributed by atoms with Gasteiger partial charge in [-0.25, -0.2) is 14.2 Å². The summed E-state index contributed by atoms with van der Waals surface area (Å²) < 4.78 is 25.6. The summed E-state index contributed by atoms with van der Waals surface area (Å²) in [5.74, 6) is -1.08. The molecule has 0 spiro atoms. The highest BCUT2D eigenvalue weighted by molar-refractivity contribution is 6.16. The summed E-state index contributed by atoms with van der Waals surface area (Å²) in [7, 11) is 0. The largest absolute Gasteiger partial charge is 0.478 e. The lowest BCUT2D eigenvalue weighted by Gasteiger charge is -2.29. The van der Waals surface area contributed by atoms with Gasteiger partial charge in [-0.3, -0.25) is 0 Å². The van der Waals surface area contributed by atoms with E-state index < -0.39 is 11.6 Å². The third kappa shape index (κ3) is 4.14. The fraction of sp³-hybridized carbons (Fsp3) is 0.258. The van der Waals surface area contributed by atoms with Crippen LogP contribution in [0.1, 0.15) is 10.4 Å². The molecule has 2 aliphatic heterocycles. The van der Waals surface area contributed by atoms with Gasteiger partial charge >= 0.3 is 11.6 Å². The number of carboxylic acids is 1. The first-order chi connectivity index (χ1) is 19.6. The molecule has 2 fully saturated rings. The van der Waals surface area contributed by atoms with Crippen molar-refractivity contribution in [3.8, 4) is 11.1 Å². The molecule has 4 heterocycles. The maximum Gasteiger partial charge on any atom is 0.348 e. The van der Waals surface area contributed by atoms with Crippen molar-refractivity contribution in [2.45, 2.75) is 0 Å². The zero-order chi connectivity index (χ0) is 27.2. The van der Waals surface area contributed by atoms with Gasteiger partial charge < -0.3 is 28.3 Å². The predicted octanol–water partition coefficient (Wildman–Crippen LogP) is 3.70. The number of anilines is 1. The van der Waals surface area contributed by atoms with E-state index in [-0.39, 0.29) is 10.9 Å². The number of carbonyl (C=O) groups is 1. The number of carboxylic acid groups (broad SMARTS) is 1. The van der Waals surface area contributed by atoms with Gasteiger partial charge in [0, 0.05) is 41.9 Å². The van der Waals surface area contributed by atoms with Gasteiger partial charge in [-0.15, -0.1) is 0 Å². The Morgan fingerprint density at radius 3 is 2.35 bits per heavy atom. The van der Waals surface area contributed by atoms with Gasteiger partial charge in [-0.1, -0.05) is 18.2 Å². The molecule has 2 saturated heterocycles. The van der Waals surface area contributed by atoms with Crippen molar-refractivity contribution in [2.75, 3.05) is 57.5 Å². The fourth-order valence-corrected chi connectivity index (χ4v) is 5.73. The Hall–Kier alpha value is -4.47. The summed E-state index contributed by atoms with van der Waals surface area (Å²) in [6.45, 7) is 5.56. The number of aromatic carboxylic acids is 1. The molecule has 5 aromatic rings. The third-order valence-corrected chi connectivity index (χ3v) is 7.72. The average molecular weight is 540 g/mol. The van der Waals surface area contributed by atoms with Crippen LogP contribution in [0.4, 0.5) is 5.69 Å². The number of nitrogens with zero attached hydrogens (tertiary/aromatic N) is 2. The standard InChI is InChI=1S/C31H26N2O7/c34-30(35)22-4-2-1-3-21(22)27-23-7-5-19(32-9-13-37-14-10-32)17-25(23)39-29-24-8-6-20(33-11-15-38-16-12-33)18-26(24)40-31(36)28(27)29/h1-8,17-18H,9-16H2/p+1. The molecule has 2 aliphatic rings. The molecule has 7 rings (SSSR count). The van der Waals surface area contributed by atoms with Gasteiger partial charge in [0.1, 0.15) is 29.8 Å². The molecule has 0 amide bonds. The number of hydrogen-bond donors (Lipinski definition) is 1. The summed E-state index contributed by atoms with van der Waals surface area (Å²) in [5, 5.41) is 12.4. The Labute approximate surface area is 228 Å². The van der Waals surface area contributed by atoms with Crippen LogP contribution in [-0.2, 0) is 9.47 Å². The maximum absolute atomic E-state index is 13.7. The molecular weight excluding hydrogens is 512 g/mol. The second-order valence-corrected chi connectivity index (χ2v) is 9.98. The highest BCUT2D eigenvalue weighted by atomic mass is 16.5. The molecule has 1 N–H and O–H groups in total. The smallest absolute Gasteiger partial charge is 0.348 e. The van der Waals surface area contributed by atoms with Crippen LogP contribution in [0.5, 0.6) is 0 Å². The maximum atomic E-state index is 13.7. The van der Waals surface area contributed by atoms with Gasteiger partial charge in [0.05, 0.1) is 30.2 Å². The number of rotatable bonds is 3. The van der Waals surface area contributed by atoms with E-state index in [9.17, 15) is 14.7 Å². The van der Waals surface area contributed by atoms with E-state index in [4.69, 9.17) is 18.3 Å². The zero-order valence-corrected chi connectivity index (χ0v) is 21.7. The number of ether oxygens (including phenoxy) is 2. The third-order valence-electron chi connectivity index (χ3n) is 7.72. The van der Waals surface area contributed by atoms with Crippen molar-refractivity contribution < 1.29 is 28.2 Å². The van der Waals surface area contributed by atoms with Gasteiger partial charge in [-0.05, 0) is 29.8 Å². The molecular formula is C31H27N2O7+. The van der Waals surface area contributed by atoms with Crippen LogP contribution in [0, 0.1) is 0 Å². The minimum absolute atomic E-state index is 0.0933. The van der Waals surface area contributed by atoms with Gasteiger partial charge in [0.2, 0.25) is 5.36 Å². The molecule has 3 aromatic carbocycles. The van der Waals surface area contributed by atoms with Gasteiger partial charge in [-0.2, -0.15) is 0 Å². The van der Waals surface area contributed by atoms with E-state index in [1.807, 2.05) is 36.4 Å². The van der Waals surface area contributed by atoms with E-state index >= 15 is 0 Å². The van der Waals surface area contributed by atoms with Crippen molar-refractivity contribution >= 4 is 44.6 Å². The molecule has 202 valence electrons. The van der Waals surface area contributed by atoms with Crippen molar-refractivity contribution in [2.24, 2.45) is 0 Å². The minimum Gasteiger partial charge on any atom is -0.478 e. The number of fused-ring (bicyclic) bond motifs is 4. The van der Waals surface area contributed by atoms with Crippen LogP contribution in [0.25, 0.3) is 44.0 Å². The van der Waals surface area contributed by atoms with Crippen molar-refractivity contribution in [1.82, 2.24) is 4.58 Å². The molecule has 0 unspecified atom stereocenters. The Bertz CT molecular complexity index is 1920. The van der Waals surface area contributed by atoms with E-state index in [0.29, 0.717) is 65.1 Å². The van der Waals surface area contributed by atoms with Crippen LogP contribution >= 0.6 is 0 Å². The van der Waals surface area contributed by atoms with Crippen molar-refractivity contribution in [3.05, 3.63) is 82.0 Å². The Morgan fingerprint density at radius 2 is 1.55 bits per heavy atom. The molecule has 9 heteroatoms. The van der Waals surface area contributed by atoms with Crippen LogP contribution in [0.3, 0.4) is 0 Å². The summed E-state index contributed by atoms with van der Waals surface area (Å²) in [6, 6.07) is 18.3. The van der Waals surface area contributed by atoms with E-state index in [0.717, 1.165) is 37.2 Å². The summed E-state index contributed by atoms with van der Waals surface area (Å²) in [6.07, 6.45) is 0. The molecule has 0 saturated carbocycles. The Kier molecular flexibility index (Phi) is 6.10. The lowest BCUT2D eigenvalue weighted by molar-refractivity contribution is 0.0697. The van der Waals surface area contributed by atoms with E-state index in [2.05, 4.69) is 9.48 Å². The van der Waals surface area contributed by atoms with Crippen molar-refractivity contribution in [3.63, 3.8) is 0 Å². The molecule has 0 bridgehead atoms. The summed E-state index contributed by atoms with van der Waals surface area (Å²) in [4.78, 5) is 28.2. The zero-order valence-electron chi connectivity index (χ0n) is 21.7. The normalized spacial score (nSPS) is 16.2. The SMILES string of the molecule is O=C(O)c1ccccc1-c1c2ccc(N3CCOCC3)cc2oc2c1c(=O)oc1cc(=[N+]3CCOCC3)ccc12. The summed E-state index contributed by atoms with van der Waals surface area (Å²) >= 11 is 0. The monoisotopic (exact) mass is 539 g/mol. The average Bonchev–Trinajstić information content (AvgIpc) is 3.00. The first kappa shape index (κ1) is 24.6. The van der Waals surface area contributed by atoms with Crippen LogP contribution in [-0.4, -0.2) is 63.7 Å². The lowest BCUT2D eigenvalue weighted by atomic mass is 9.93. The molecule has 40 heavy (non-hydrogen) atoms. The highest BCUT2D eigenvalue weighted by Gasteiger charge is 2.24. The molecule has 0 radical (unpaired) electrons. The van der Waals surface area contributed by atoms with Crippen molar-refractivity contribution in [1.29, 1.82) is 0 Å². The van der Waals surface area contributed by atoms with E-state index in [1.54, 1.807) is 24.3 Å². The van der Waals surface area contributed by atoms with Gasteiger partial charge in [0.15, 0.2) is 18.7 Å². The molecule has 0 atom stereocenters. The first-order valence-corrected chi connectivity index (χ1v) is 13.4. The number of morpholine rings is 2. The predicted molar refractivity (Wildman–Crippen MR) is 151 cm³/mol. The minimum atomic E-state index is -1.08. The fourth-order valence-electron chi connectivity index (χ4n) is 5.73. The second-order valence-electron chi connectivity index (χ2n) is 9.98. The molecule has 0 aliphatic carbocycles. The quantitative estimate of drug-likeness (QED) is 0.160. The highest BCUT2D eigenvalue weighted by Crippen LogP contribution is 2.40. The topological polar surface area (TPSA) is 105 Å². The first-order valence-electron chi connectivity index (χ1n) is 13.4.